The number of methoxy groups -OCH3 is 2. The van der Waals surface area contributed by atoms with Gasteiger partial charge >= 0.3 is 0 Å². The van der Waals surface area contributed by atoms with Crippen molar-refractivity contribution in [3.63, 3.8) is 0 Å². The summed E-state index contributed by atoms with van der Waals surface area (Å²) in [7, 11) is 3.15. The molecule has 0 spiro atoms. The first-order valence-electron chi connectivity index (χ1n) is 11.2. The third-order valence-electron chi connectivity index (χ3n) is 4.97. The Kier molecular flexibility index (Phi) is 8.89. The molecule has 0 aliphatic carbocycles. The molecule has 0 aromatic heterocycles. The monoisotopic (exact) mass is 474 g/mol. The first-order valence-corrected chi connectivity index (χ1v) is 11.2. The summed E-state index contributed by atoms with van der Waals surface area (Å²) in [5.74, 6) is 1.57. The van der Waals surface area contributed by atoms with Crippen LogP contribution in [0.5, 0.6) is 17.2 Å². The Hall–Kier alpha value is -4.26. The van der Waals surface area contributed by atoms with Gasteiger partial charge in [0.05, 0.1) is 20.8 Å². The number of nitrogens with one attached hydrogen (secondary N) is 2. The van der Waals surface area contributed by atoms with Crippen LogP contribution in [-0.4, -0.2) is 32.6 Å². The maximum absolute atomic E-state index is 13.1. The van der Waals surface area contributed by atoms with Crippen LogP contribution in [0.25, 0.3) is 6.08 Å². The fraction of sp³-hybridized carbons (Fsp3) is 0.214. The van der Waals surface area contributed by atoms with Crippen LogP contribution in [0, 0.1) is 5.92 Å². The van der Waals surface area contributed by atoms with Crippen LogP contribution >= 0.6 is 0 Å². The second kappa shape index (κ2) is 12.3. The van der Waals surface area contributed by atoms with Crippen LogP contribution in [0.15, 0.2) is 78.5 Å². The highest BCUT2D eigenvalue weighted by Gasteiger charge is 2.15. The fourth-order valence-corrected chi connectivity index (χ4v) is 3.06. The van der Waals surface area contributed by atoms with Gasteiger partial charge < -0.3 is 24.8 Å². The minimum absolute atomic E-state index is 0.0936. The van der Waals surface area contributed by atoms with E-state index in [9.17, 15) is 9.59 Å². The second-order valence-electron chi connectivity index (χ2n) is 8.20. The predicted molar refractivity (Wildman–Crippen MR) is 137 cm³/mol. The van der Waals surface area contributed by atoms with Crippen LogP contribution in [0.3, 0.4) is 0 Å². The van der Waals surface area contributed by atoms with Crippen molar-refractivity contribution in [2.75, 3.05) is 26.1 Å². The van der Waals surface area contributed by atoms with Gasteiger partial charge in [-0.3, -0.25) is 9.59 Å². The lowest BCUT2D eigenvalue weighted by atomic mass is 10.1. The number of carbonyl (C=O) groups excluding carboxylic acids is 2. The number of rotatable bonds is 10. The van der Waals surface area contributed by atoms with Gasteiger partial charge in [-0.1, -0.05) is 26.0 Å². The summed E-state index contributed by atoms with van der Waals surface area (Å²) in [6.07, 6.45) is 1.61. The molecule has 7 nitrogen and oxygen atoms in total. The highest BCUT2D eigenvalue weighted by Crippen LogP contribution is 2.18. The van der Waals surface area contributed by atoms with Crippen LogP contribution in [0.4, 0.5) is 5.69 Å². The Morgan fingerprint density at radius 2 is 1.34 bits per heavy atom. The van der Waals surface area contributed by atoms with E-state index in [0.717, 1.165) is 5.56 Å². The summed E-state index contributed by atoms with van der Waals surface area (Å²) in [5.41, 5.74) is 1.79. The zero-order valence-electron chi connectivity index (χ0n) is 20.3. The molecule has 0 fully saturated rings. The van der Waals surface area contributed by atoms with Crippen molar-refractivity contribution in [3.8, 4) is 17.2 Å². The van der Waals surface area contributed by atoms with Crippen molar-refractivity contribution >= 4 is 23.6 Å². The van der Waals surface area contributed by atoms with Crippen molar-refractivity contribution in [1.29, 1.82) is 0 Å². The first kappa shape index (κ1) is 25.4. The maximum atomic E-state index is 13.1. The summed E-state index contributed by atoms with van der Waals surface area (Å²) in [4.78, 5) is 26.0. The van der Waals surface area contributed by atoms with E-state index in [1.165, 1.54) is 0 Å². The third kappa shape index (κ3) is 7.64. The minimum atomic E-state index is -0.462. The average molecular weight is 475 g/mol. The molecule has 2 N–H and O–H groups in total. The van der Waals surface area contributed by atoms with E-state index in [0.29, 0.717) is 41.0 Å². The average Bonchev–Trinajstić information content (AvgIpc) is 2.88. The van der Waals surface area contributed by atoms with E-state index in [2.05, 4.69) is 24.5 Å². The van der Waals surface area contributed by atoms with Gasteiger partial charge in [-0.25, -0.2) is 0 Å². The number of amides is 2. The third-order valence-corrected chi connectivity index (χ3v) is 4.97. The van der Waals surface area contributed by atoms with Gasteiger partial charge in [-0.15, -0.1) is 0 Å². The molecule has 2 amide bonds. The fourth-order valence-electron chi connectivity index (χ4n) is 3.06. The molecular formula is C28H30N2O5. The van der Waals surface area contributed by atoms with Crippen LogP contribution in [0.2, 0.25) is 0 Å². The number of ether oxygens (including phenoxy) is 3. The van der Waals surface area contributed by atoms with Gasteiger partial charge in [0.1, 0.15) is 22.9 Å². The summed E-state index contributed by atoms with van der Waals surface area (Å²) in [6.45, 7) is 4.72. The number of hydrogen-bond acceptors (Lipinski definition) is 5. The van der Waals surface area contributed by atoms with Gasteiger partial charge in [0, 0.05) is 11.3 Å². The van der Waals surface area contributed by atoms with Crippen molar-refractivity contribution < 1.29 is 23.8 Å². The Morgan fingerprint density at radius 1 is 0.800 bits per heavy atom. The molecule has 0 bridgehead atoms. The SMILES string of the molecule is COc1ccc(C=C(NC(=O)c2ccc(OCC(C)C)cc2)C(=O)Nc2ccc(OC)cc2)cc1. The molecule has 0 radical (unpaired) electrons. The smallest absolute Gasteiger partial charge is 0.272 e. The number of carbonyl (C=O) groups is 2. The van der Waals surface area contributed by atoms with Crippen LogP contribution in [-0.2, 0) is 4.79 Å². The molecular weight excluding hydrogens is 444 g/mol. The summed E-state index contributed by atoms with van der Waals surface area (Å²) in [5, 5.41) is 5.54. The van der Waals surface area contributed by atoms with Gasteiger partial charge in [0.2, 0.25) is 0 Å². The normalized spacial score (nSPS) is 11.1. The molecule has 0 aliphatic rings. The van der Waals surface area contributed by atoms with E-state index in [1.54, 1.807) is 93.1 Å². The van der Waals surface area contributed by atoms with E-state index >= 15 is 0 Å². The molecule has 0 unspecified atom stereocenters. The van der Waals surface area contributed by atoms with E-state index in [-0.39, 0.29) is 5.70 Å². The molecule has 0 saturated carbocycles. The largest absolute Gasteiger partial charge is 0.497 e. The number of hydrogen-bond donors (Lipinski definition) is 2. The topological polar surface area (TPSA) is 85.9 Å². The van der Waals surface area contributed by atoms with Gasteiger partial charge in [-0.2, -0.15) is 0 Å². The highest BCUT2D eigenvalue weighted by atomic mass is 16.5. The van der Waals surface area contributed by atoms with Gasteiger partial charge in [0.25, 0.3) is 11.8 Å². The standard InChI is InChI=1S/C28H30N2O5/c1-19(2)18-35-25-13-7-21(8-14-25)27(31)30-26(17-20-5-11-23(33-3)12-6-20)28(32)29-22-9-15-24(34-4)16-10-22/h5-17,19H,18H2,1-4H3,(H,29,32)(H,30,31). The van der Waals surface area contributed by atoms with Crippen molar-refractivity contribution in [3.05, 3.63) is 89.6 Å². The molecule has 3 rings (SSSR count). The lowest BCUT2D eigenvalue weighted by molar-refractivity contribution is -0.113. The summed E-state index contributed by atoms with van der Waals surface area (Å²) < 4.78 is 16.0. The quantitative estimate of drug-likeness (QED) is 0.397. The Bertz CT molecular complexity index is 1150. The Labute approximate surface area is 205 Å². The number of anilines is 1. The first-order chi connectivity index (χ1) is 16.9. The lowest BCUT2D eigenvalue weighted by Gasteiger charge is -2.13. The van der Waals surface area contributed by atoms with E-state index < -0.39 is 11.8 Å². The van der Waals surface area contributed by atoms with E-state index in [1.807, 2.05) is 0 Å². The molecule has 182 valence electrons. The second-order valence-corrected chi connectivity index (χ2v) is 8.20. The van der Waals surface area contributed by atoms with Crippen molar-refractivity contribution in [2.45, 2.75) is 13.8 Å². The summed E-state index contributed by atoms with van der Waals surface area (Å²) >= 11 is 0. The zero-order valence-corrected chi connectivity index (χ0v) is 20.3. The van der Waals surface area contributed by atoms with E-state index in [4.69, 9.17) is 14.2 Å². The Morgan fingerprint density at radius 3 is 1.89 bits per heavy atom. The van der Waals surface area contributed by atoms with Crippen molar-refractivity contribution in [1.82, 2.24) is 5.32 Å². The lowest BCUT2D eigenvalue weighted by Crippen LogP contribution is -2.30. The predicted octanol–water partition coefficient (Wildman–Crippen LogP) is 5.15. The van der Waals surface area contributed by atoms with Gasteiger partial charge in [0.15, 0.2) is 0 Å². The molecule has 3 aromatic carbocycles. The maximum Gasteiger partial charge on any atom is 0.272 e. The molecule has 0 heterocycles. The number of benzene rings is 3. The molecule has 3 aromatic rings. The summed E-state index contributed by atoms with van der Waals surface area (Å²) in [6, 6.07) is 20.9. The Balaban J connectivity index is 1.80. The molecule has 0 atom stereocenters. The van der Waals surface area contributed by atoms with Crippen LogP contribution < -0.4 is 24.8 Å². The van der Waals surface area contributed by atoms with Crippen LogP contribution in [0.1, 0.15) is 29.8 Å². The molecule has 35 heavy (non-hydrogen) atoms. The van der Waals surface area contributed by atoms with Crippen molar-refractivity contribution in [2.24, 2.45) is 5.92 Å². The minimum Gasteiger partial charge on any atom is -0.497 e. The molecule has 0 saturated heterocycles. The molecule has 0 aliphatic heterocycles. The zero-order chi connectivity index (χ0) is 25.2. The van der Waals surface area contributed by atoms with Gasteiger partial charge in [-0.05, 0) is 78.2 Å². The molecule has 7 heteroatoms. The highest BCUT2D eigenvalue weighted by molar-refractivity contribution is 6.10.